The molecule has 0 aromatic heterocycles. The largest absolute Gasteiger partial charge is 0.390 e. The Morgan fingerprint density at radius 2 is 2.44 bits per heavy atom. The molecule has 0 radical (unpaired) electrons. The number of hydrogen-bond acceptors (Lipinski definition) is 4. The molecule has 90 valence electrons. The molecule has 1 rings (SSSR count). The number of carbonyl (C=O) groups is 1. The number of carbonyl (C=O) groups excluding carboxylic acids is 1. The number of rotatable bonds is 6. The molecule has 0 spiro atoms. The summed E-state index contributed by atoms with van der Waals surface area (Å²) in [4.78, 5) is 14.9. The topological polar surface area (TPSA) is 67.6 Å². The highest BCUT2D eigenvalue weighted by molar-refractivity contribution is 5.78. The Morgan fingerprint density at radius 3 is 3.00 bits per heavy atom. The van der Waals surface area contributed by atoms with Crippen molar-refractivity contribution in [2.24, 2.45) is 0 Å². The van der Waals surface area contributed by atoms with Gasteiger partial charge in [0.2, 0.25) is 5.91 Å². The molecule has 1 unspecified atom stereocenters. The molecule has 1 fully saturated rings. The van der Waals surface area contributed by atoms with Gasteiger partial charge < -0.3 is 14.9 Å². The van der Waals surface area contributed by atoms with E-state index >= 15 is 0 Å². The summed E-state index contributed by atoms with van der Waals surface area (Å²) in [5.41, 5.74) is 0. The molecule has 5 nitrogen and oxygen atoms in total. The van der Waals surface area contributed by atoms with E-state index in [4.69, 9.17) is 5.26 Å². The van der Waals surface area contributed by atoms with Crippen molar-refractivity contribution in [3.8, 4) is 6.07 Å². The van der Waals surface area contributed by atoms with Crippen molar-refractivity contribution in [3.05, 3.63) is 0 Å². The number of β-amino-alcohol motifs (C(OH)–C–C–N with tert-alkyl or cyclic N) is 1. The molecule has 1 aliphatic heterocycles. The fourth-order valence-corrected chi connectivity index (χ4v) is 1.90. The number of aliphatic hydroxyl groups excluding tert-OH is 1. The first-order valence-corrected chi connectivity index (χ1v) is 5.65. The van der Waals surface area contributed by atoms with Gasteiger partial charge in [0.1, 0.15) is 0 Å². The minimum atomic E-state index is -0.522. The smallest absolute Gasteiger partial charge is 0.222 e. The summed E-state index contributed by atoms with van der Waals surface area (Å²) >= 11 is 0. The second-order valence-electron chi connectivity index (χ2n) is 4.27. The average molecular weight is 225 g/mol. The van der Waals surface area contributed by atoms with Crippen molar-refractivity contribution in [3.63, 3.8) is 0 Å². The summed E-state index contributed by atoms with van der Waals surface area (Å²) in [7, 11) is 1.87. The fraction of sp³-hybridized carbons (Fsp3) is 0.818. The van der Waals surface area contributed by atoms with Crippen LogP contribution < -0.4 is 0 Å². The number of likely N-dealkylation sites (N-methyl/N-ethyl adjacent to an activating group) is 1. The van der Waals surface area contributed by atoms with Crippen molar-refractivity contribution >= 4 is 5.91 Å². The highest BCUT2D eigenvalue weighted by Crippen LogP contribution is 2.10. The van der Waals surface area contributed by atoms with Crippen LogP contribution in [0.4, 0.5) is 0 Å². The van der Waals surface area contributed by atoms with E-state index in [1.807, 2.05) is 11.9 Å². The number of likely N-dealkylation sites (tertiary alicyclic amines) is 1. The number of amides is 1. The van der Waals surface area contributed by atoms with E-state index in [1.54, 1.807) is 4.90 Å². The van der Waals surface area contributed by atoms with E-state index in [0.717, 1.165) is 13.0 Å². The second kappa shape index (κ2) is 6.46. The van der Waals surface area contributed by atoms with E-state index < -0.39 is 6.10 Å². The van der Waals surface area contributed by atoms with Gasteiger partial charge in [-0.25, -0.2) is 0 Å². The Morgan fingerprint density at radius 1 is 1.69 bits per heavy atom. The lowest BCUT2D eigenvalue weighted by molar-refractivity contribution is -0.129. The third-order valence-corrected chi connectivity index (χ3v) is 2.73. The Balaban J connectivity index is 2.22. The van der Waals surface area contributed by atoms with Gasteiger partial charge in [0.15, 0.2) is 0 Å². The molecular formula is C11H19N3O2. The quantitative estimate of drug-likeness (QED) is 0.680. The van der Waals surface area contributed by atoms with Gasteiger partial charge in [-0.1, -0.05) is 0 Å². The maximum absolute atomic E-state index is 11.3. The molecule has 0 aromatic rings. The zero-order valence-corrected chi connectivity index (χ0v) is 9.72. The third-order valence-electron chi connectivity index (χ3n) is 2.73. The summed E-state index contributed by atoms with van der Waals surface area (Å²) in [5.74, 6) is 0.138. The number of nitrogens with zero attached hydrogens (tertiary/aromatic N) is 3. The third kappa shape index (κ3) is 4.17. The highest BCUT2D eigenvalue weighted by Gasteiger charge is 2.22. The Labute approximate surface area is 96.3 Å². The van der Waals surface area contributed by atoms with Crippen molar-refractivity contribution in [2.75, 3.05) is 33.2 Å². The monoisotopic (exact) mass is 225 g/mol. The Bertz CT molecular complexity index is 275. The predicted molar refractivity (Wildman–Crippen MR) is 59.5 cm³/mol. The zero-order chi connectivity index (χ0) is 12.0. The Kier molecular flexibility index (Phi) is 5.23. The molecule has 1 N–H and O–H groups in total. The molecule has 0 aliphatic carbocycles. The molecule has 1 saturated heterocycles. The van der Waals surface area contributed by atoms with Gasteiger partial charge in [0, 0.05) is 39.0 Å². The maximum atomic E-state index is 11.3. The van der Waals surface area contributed by atoms with Crippen LogP contribution in [0.3, 0.4) is 0 Å². The van der Waals surface area contributed by atoms with Gasteiger partial charge >= 0.3 is 0 Å². The van der Waals surface area contributed by atoms with E-state index in [1.165, 1.54) is 0 Å². The Hall–Kier alpha value is -1.12. The lowest BCUT2D eigenvalue weighted by atomic mass is 10.3. The molecule has 0 bridgehead atoms. The van der Waals surface area contributed by atoms with Crippen molar-refractivity contribution < 1.29 is 9.90 Å². The molecular weight excluding hydrogens is 206 g/mol. The first kappa shape index (κ1) is 12.9. The van der Waals surface area contributed by atoms with Gasteiger partial charge in [0.05, 0.1) is 12.2 Å². The van der Waals surface area contributed by atoms with Crippen LogP contribution in [0.1, 0.15) is 19.3 Å². The van der Waals surface area contributed by atoms with Crippen molar-refractivity contribution in [1.29, 1.82) is 5.26 Å². The molecule has 1 heterocycles. The first-order chi connectivity index (χ1) is 7.63. The fourth-order valence-electron chi connectivity index (χ4n) is 1.90. The SMILES string of the molecule is CN(CCC#N)CC(O)CN1CCCC1=O. The van der Waals surface area contributed by atoms with E-state index in [2.05, 4.69) is 6.07 Å². The summed E-state index contributed by atoms with van der Waals surface area (Å²) in [6, 6.07) is 2.06. The van der Waals surface area contributed by atoms with Crippen LogP contribution in [0.25, 0.3) is 0 Å². The minimum Gasteiger partial charge on any atom is -0.390 e. The van der Waals surface area contributed by atoms with Crippen LogP contribution in [-0.2, 0) is 4.79 Å². The zero-order valence-electron chi connectivity index (χ0n) is 9.72. The summed E-state index contributed by atoms with van der Waals surface area (Å²) in [6.45, 7) is 2.33. The number of hydrogen-bond donors (Lipinski definition) is 1. The van der Waals surface area contributed by atoms with Gasteiger partial charge in [-0.3, -0.25) is 4.79 Å². The molecule has 1 amide bonds. The normalized spacial score (nSPS) is 17.9. The lowest BCUT2D eigenvalue weighted by Crippen LogP contribution is -2.39. The predicted octanol–water partition coefficient (Wildman–Crippen LogP) is -0.185. The number of aliphatic hydroxyl groups is 1. The van der Waals surface area contributed by atoms with Crippen LogP contribution in [0.2, 0.25) is 0 Å². The van der Waals surface area contributed by atoms with Gasteiger partial charge in [0.25, 0.3) is 0 Å². The maximum Gasteiger partial charge on any atom is 0.222 e. The van der Waals surface area contributed by atoms with Crippen LogP contribution >= 0.6 is 0 Å². The molecule has 16 heavy (non-hydrogen) atoms. The molecule has 1 atom stereocenters. The van der Waals surface area contributed by atoms with Crippen molar-refractivity contribution in [2.45, 2.75) is 25.4 Å². The van der Waals surface area contributed by atoms with E-state index in [0.29, 0.717) is 32.5 Å². The van der Waals surface area contributed by atoms with Crippen LogP contribution in [0.15, 0.2) is 0 Å². The second-order valence-corrected chi connectivity index (χ2v) is 4.27. The molecule has 5 heteroatoms. The molecule has 1 aliphatic rings. The van der Waals surface area contributed by atoms with E-state index in [9.17, 15) is 9.90 Å². The molecule has 0 aromatic carbocycles. The van der Waals surface area contributed by atoms with Crippen LogP contribution in [0.5, 0.6) is 0 Å². The van der Waals surface area contributed by atoms with Crippen molar-refractivity contribution in [1.82, 2.24) is 9.80 Å². The minimum absolute atomic E-state index is 0.138. The summed E-state index contributed by atoms with van der Waals surface area (Å²) in [6.07, 6.45) is 1.45. The van der Waals surface area contributed by atoms with E-state index in [-0.39, 0.29) is 5.91 Å². The standard InChI is InChI=1S/C11H19N3O2/c1-13(6-3-5-12)8-10(15)9-14-7-2-4-11(14)16/h10,15H,2-4,6-9H2,1H3. The number of nitriles is 1. The average Bonchev–Trinajstić information content (AvgIpc) is 2.61. The highest BCUT2D eigenvalue weighted by atomic mass is 16.3. The molecule has 0 saturated carbocycles. The summed E-state index contributed by atoms with van der Waals surface area (Å²) in [5, 5.41) is 18.2. The van der Waals surface area contributed by atoms with Gasteiger partial charge in [-0.05, 0) is 13.5 Å². The van der Waals surface area contributed by atoms with Gasteiger partial charge in [-0.2, -0.15) is 5.26 Å². The first-order valence-electron chi connectivity index (χ1n) is 5.65. The van der Waals surface area contributed by atoms with Crippen LogP contribution in [0, 0.1) is 11.3 Å². The van der Waals surface area contributed by atoms with Crippen LogP contribution in [-0.4, -0.2) is 60.1 Å². The summed E-state index contributed by atoms with van der Waals surface area (Å²) < 4.78 is 0. The lowest BCUT2D eigenvalue weighted by Gasteiger charge is -2.23. The van der Waals surface area contributed by atoms with Gasteiger partial charge in [-0.15, -0.1) is 0 Å².